The molecule has 174 valence electrons. The minimum Gasteiger partial charge on any atom is -0.478 e. The maximum absolute atomic E-state index is 12.3. The normalized spacial score (nSPS) is 12.2. The van der Waals surface area contributed by atoms with Crippen molar-refractivity contribution in [2.24, 2.45) is 0 Å². The van der Waals surface area contributed by atoms with Crippen LogP contribution >= 0.6 is 11.3 Å². The minimum absolute atomic E-state index is 0.00605. The smallest absolute Gasteiger partial charge is 0.407 e. The quantitative estimate of drug-likeness (QED) is 0.406. The van der Waals surface area contributed by atoms with Crippen LogP contribution in [0.15, 0.2) is 66.1 Å². The largest absolute Gasteiger partial charge is 0.478 e. The summed E-state index contributed by atoms with van der Waals surface area (Å²) in [4.78, 5) is 39.0. The van der Waals surface area contributed by atoms with Crippen LogP contribution in [0.25, 0.3) is 11.1 Å². The Morgan fingerprint density at radius 3 is 2.38 bits per heavy atom. The number of rotatable bonds is 9. The van der Waals surface area contributed by atoms with E-state index in [0.717, 1.165) is 17.2 Å². The molecular weight excluding hydrogens is 454 g/mol. The number of nitrogens with one attached hydrogen (secondary N) is 2. The summed E-state index contributed by atoms with van der Waals surface area (Å²) in [6, 6.07) is 16.3. The third kappa shape index (κ3) is 5.68. The maximum Gasteiger partial charge on any atom is 0.407 e. The Labute approximate surface area is 200 Å². The Morgan fingerprint density at radius 2 is 1.71 bits per heavy atom. The van der Waals surface area contributed by atoms with Crippen molar-refractivity contribution in [2.45, 2.75) is 18.9 Å². The van der Waals surface area contributed by atoms with Crippen molar-refractivity contribution in [3.8, 4) is 11.1 Å². The lowest BCUT2D eigenvalue weighted by Crippen LogP contribution is -2.26. The molecule has 0 spiro atoms. The monoisotopic (exact) mass is 477 g/mol. The van der Waals surface area contributed by atoms with E-state index in [1.807, 2.05) is 24.3 Å². The topological polar surface area (TPSA) is 118 Å². The zero-order valence-electron chi connectivity index (χ0n) is 18.2. The Morgan fingerprint density at radius 1 is 1.03 bits per heavy atom. The van der Waals surface area contributed by atoms with Crippen LogP contribution in [0.1, 0.15) is 27.7 Å². The number of benzene rings is 2. The highest BCUT2D eigenvalue weighted by atomic mass is 32.1. The Bertz CT molecular complexity index is 1190. The number of amides is 2. The lowest BCUT2D eigenvalue weighted by molar-refractivity contribution is -0.131. The highest BCUT2D eigenvalue weighted by Crippen LogP contribution is 2.44. The number of ether oxygens (including phenoxy) is 1. The predicted molar refractivity (Wildman–Crippen MR) is 128 cm³/mol. The van der Waals surface area contributed by atoms with E-state index in [-0.39, 0.29) is 37.9 Å². The number of aromatic nitrogens is 1. The van der Waals surface area contributed by atoms with Gasteiger partial charge in [-0.25, -0.2) is 14.6 Å². The predicted octanol–water partition coefficient (Wildman–Crippen LogP) is 3.48. The molecule has 1 aliphatic rings. The van der Waals surface area contributed by atoms with Crippen molar-refractivity contribution in [3.05, 3.63) is 87.9 Å². The Hall–Kier alpha value is -3.98. The number of alkyl carbamates (subject to hydrolysis) is 1. The van der Waals surface area contributed by atoms with Crippen LogP contribution in [0.2, 0.25) is 0 Å². The number of carboxylic acids is 1. The molecule has 9 heteroatoms. The van der Waals surface area contributed by atoms with Gasteiger partial charge in [-0.2, -0.15) is 0 Å². The molecule has 2 aromatic carbocycles. The fraction of sp³-hybridized carbons (Fsp3) is 0.200. The summed E-state index contributed by atoms with van der Waals surface area (Å²) in [5.74, 6) is -1.34. The van der Waals surface area contributed by atoms with Crippen molar-refractivity contribution < 1.29 is 24.2 Å². The molecule has 0 bridgehead atoms. The van der Waals surface area contributed by atoms with Gasteiger partial charge in [0, 0.05) is 23.9 Å². The molecule has 0 saturated heterocycles. The van der Waals surface area contributed by atoms with Crippen LogP contribution in [-0.2, 0) is 27.3 Å². The zero-order valence-corrected chi connectivity index (χ0v) is 19.0. The summed E-state index contributed by atoms with van der Waals surface area (Å²) in [5, 5.41) is 16.2. The van der Waals surface area contributed by atoms with Crippen LogP contribution < -0.4 is 10.6 Å². The number of thiazole rings is 1. The van der Waals surface area contributed by atoms with Gasteiger partial charge in [0.05, 0.1) is 18.7 Å². The van der Waals surface area contributed by atoms with Crippen LogP contribution in [0.5, 0.6) is 0 Å². The molecule has 0 saturated carbocycles. The lowest BCUT2D eigenvalue weighted by Gasteiger charge is -2.14. The van der Waals surface area contributed by atoms with E-state index in [2.05, 4.69) is 39.9 Å². The SMILES string of the molecule is O=C(O)/C=C/CNC(=O)Cc1csc(CNC(=O)OCC2c3ccccc3-c3ccccc32)n1. The lowest BCUT2D eigenvalue weighted by atomic mass is 9.98. The fourth-order valence-electron chi connectivity index (χ4n) is 3.87. The fourth-order valence-corrected chi connectivity index (χ4v) is 4.60. The third-order valence-corrected chi connectivity index (χ3v) is 6.24. The maximum atomic E-state index is 12.3. The van der Waals surface area contributed by atoms with Gasteiger partial charge >= 0.3 is 12.1 Å². The molecule has 4 rings (SSSR count). The second-order valence-corrected chi connectivity index (χ2v) is 8.58. The van der Waals surface area contributed by atoms with Gasteiger partial charge in [-0.05, 0) is 22.3 Å². The first-order chi connectivity index (χ1) is 16.5. The first-order valence-electron chi connectivity index (χ1n) is 10.7. The number of carboxylic acid groups (broad SMARTS) is 1. The summed E-state index contributed by atoms with van der Waals surface area (Å²) >= 11 is 1.34. The molecule has 34 heavy (non-hydrogen) atoms. The summed E-state index contributed by atoms with van der Waals surface area (Å²) in [5.41, 5.74) is 5.22. The number of carbonyl (C=O) groups is 3. The summed E-state index contributed by atoms with van der Waals surface area (Å²) in [7, 11) is 0. The van der Waals surface area contributed by atoms with Gasteiger partial charge in [0.2, 0.25) is 5.91 Å². The Kier molecular flexibility index (Phi) is 7.34. The van der Waals surface area contributed by atoms with Crippen LogP contribution in [0.3, 0.4) is 0 Å². The van der Waals surface area contributed by atoms with E-state index in [1.165, 1.54) is 28.5 Å². The van der Waals surface area contributed by atoms with Crippen molar-refractivity contribution in [2.75, 3.05) is 13.2 Å². The number of hydrogen-bond donors (Lipinski definition) is 3. The molecule has 3 N–H and O–H groups in total. The van der Waals surface area contributed by atoms with Gasteiger partial charge in [0.25, 0.3) is 0 Å². The van der Waals surface area contributed by atoms with Gasteiger partial charge in [0.15, 0.2) is 0 Å². The number of hydrogen-bond acceptors (Lipinski definition) is 6. The van der Waals surface area contributed by atoms with Crippen LogP contribution in [0, 0.1) is 0 Å². The van der Waals surface area contributed by atoms with E-state index < -0.39 is 12.1 Å². The summed E-state index contributed by atoms with van der Waals surface area (Å²) in [6.45, 7) is 0.565. The standard InChI is InChI=1S/C25H23N3O5S/c29-22(26-11-5-10-24(30)31)12-16-15-34-23(28-16)13-27-25(32)33-14-21-19-8-3-1-6-17(19)18-7-2-4-9-20(18)21/h1-10,15,21H,11-14H2,(H,26,29)(H,27,32)(H,30,31)/b10-5+. The molecule has 2 amide bonds. The molecule has 1 aromatic heterocycles. The van der Waals surface area contributed by atoms with Gasteiger partial charge in [-0.1, -0.05) is 54.6 Å². The average molecular weight is 478 g/mol. The number of fused-ring (bicyclic) bond motifs is 3. The first kappa shape index (κ1) is 23.2. The van der Waals surface area contributed by atoms with E-state index in [4.69, 9.17) is 9.84 Å². The van der Waals surface area contributed by atoms with Crippen molar-refractivity contribution in [1.82, 2.24) is 15.6 Å². The molecule has 0 radical (unpaired) electrons. The number of aliphatic carboxylic acids is 1. The van der Waals surface area contributed by atoms with E-state index in [0.29, 0.717) is 10.7 Å². The second kappa shape index (κ2) is 10.8. The average Bonchev–Trinajstić information content (AvgIpc) is 3.41. The summed E-state index contributed by atoms with van der Waals surface area (Å²) in [6.07, 6.45) is 1.87. The molecule has 1 heterocycles. The van der Waals surface area contributed by atoms with Crippen molar-refractivity contribution in [1.29, 1.82) is 0 Å². The molecule has 1 aliphatic carbocycles. The molecular formula is C25H23N3O5S. The number of nitrogens with zero attached hydrogens (tertiary/aromatic N) is 1. The molecule has 0 unspecified atom stereocenters. The molecule has 0 atom stereocenters. The van der Waals surface area contributed by atoms with Gasteiger partial charge in [-0.3, -0.25) is 4.79 Å². The van der Waals surface area contributed by atoms with Crippen LogP contribution in [0.4, 0.5) is 4.79 Å². The van der Waals surface area contributed by atoms with Crippen molar-refractivity contribution >= 4 is 29.3 Å². The molecule has 0 aliphatic heterocycles. The highest BCUT2D eigenvalue weighted by Gasteiger charge is 2.28. The second-order valence-electron chi connectivity index (χ2n) is 7.63. The first-order valence-corrected chi connectivity index (χ1v) is 11.6. The van der Waals surface area contributed by atoms with Gasteiger partial charge < -0.3 is 20.5 Å². The number of carbonyl (C=O) groups excluding carboxylic acids is 2. The molecule has 0 fully saturated rings. The highest BCUT2D eigenvalue weighted by molar-refractivity contribution is 7.09. The van der Waals surface area contributed by atoms with Gasteiger partial charge in [0.1, 0.15) is 11.6 Å². The summed E-state index contributed by atoms with van der Waals surface area (Å²) < 4.78 is 5.52. The van der Waals surface area contributed by atoms with Crippen molar-refractivity contribution in [3.63, 3.8) is 0 Å². The van der Waals surface area contributed by atoms with Crippen LogP contribution in [-0.4, -0.2) is 41.2 Å². The van der Waals surface area contributed by atoms with E-state index in [1.54, 1.807) is 5.38 Å². The minimum atomic E-state index is -1.07. The van der Waals surface area contributed by atoms with E-state index >= 15 is 0 Å². The van der Waals surface area contributed by atoms with Gasteiger partial charge in [-0.15, -0.1) is 11.3 Å². The third-order valence-electron chi connectivity index (χ3n) is 5.35. The van der Waals surface area contributed by atoms with E-state index in [9.17, 15) is 14.4 Å². The molecule has 8 nitrogen and oxygen atoms in total. The Balaban J connectivity index is 1.24. The zero-order chi connectivity index (χ0) is 23.9. The molecule has 3 aromatic rings.